The van der Waals surface area contributed by atoms with E-state index in [9.17, 15) is 25.1 Å². The Morgan fingerprint density at radius 1 is 0.971 bits per heavy atom. The number of unbranched alkanes of at least 4 members (excludes halogenated alkanes) is 2. The van der Waals surface area contributed by atoms with Crippen molar-refractivity contribution >= 4 is 28.3 Å². The fourth-order valence-corrected chi connectivity index (χ4v) is 10.6. The largest absolute Gasteiger partial charge is 0.487 e. The molecule has 2 heterocycles. The fourth-order valence-electron chi connectivity index (χ4n) is 10.6. The number of nitro groups is 1. The lowest BCUT2D eigenvalue weighted by Gasteiger charge is -2.59. The van der Waals surface area contributed by atoms with Gasteiger partial charge in [0.15, 0.2) is 0 Å². The van der Waals surface area contributed by atoms with E-state index in [1.54, 1.807) is 30.0 Å². The highest BCUT2D eigenvalue weighted by Crippen LogP contribution is 2.62. The van der Waals surface area contributed by atoms with Gasteiger partial charge in [0, 0.05) is 48.9 Å². The maximum Gasteiger partial charge on any atom is 0.410 e. The Hall–Kier alpha value is -6.61. The van der Waals surface area contributed by atoms with Gasteiger partial charge in [-0.05, 0) is 121 Å². The van der Waals surface area contributed by atoms with Gasteiger partial charge in [0.25, 0.3) is 5.69 Å². The number of allylic oxidation sites excluding steroid dienone is 1. The number of non-ortho nitro benzene ring substituents is 1. The number of nitro benzene ring substituents is 1. The Morgan fingerprint density at radius 2 is 1.74 bits per heavy atom. The van der Waals surface area contributed by atoms with Crippen LogP contribution in [0.5, 0.6) is 11.5 Å². The number of aryl methyl sites for hydroxylation is 1. The quantitative estimate of drug-likeness (QED) is 0.0292. The Kier molecular flexibility index (Phi) is 16.0. The monoisotopic (exact) mass is 938 g/mol. The first kappa shape index (κ1) is 48.8. The van der Waals surface area contributed by atoms with E-state index in [1.807, 2.05) is 79.7 Å². The molecule has 14 heteroatoms. The summed E-state index contributed by atoms with van der Waals surface area (Å²) in [6.07, 6.45) is 7.91. The molecule has 1 fully saturated rings. The second kappa shape index (κ2) is 22.7. The molecular formula is C55H62N4O10. The topological polar surface area (TPSA) is 175 Å². The Bertz CT molecular complexity index is 2650. The molecule has 8 rings (SSSR count). The number of hydrogen-bond acceptors (Lipinski definition) is 12. The van der Waals surface area contributed by atoms with Crippen LogP contribution in [0.1, 0.15) is 85.9 Å². The summed E-state index contributed by atoms with van der Waals surface area (Å²) in [6, 6.07) is 31.2. The maximum atomic E-state index is 14.8. The zero-order valence-corrected chi connectivity index (χ0v) is 39.4. The number of carbonyl (C=O) groups excluding carboxylic acids is 1. The average Bonchev–Trinajstić information content (AvgIpc) is 3.36. The van der Waals surface area contributed by atoms with Crippen LogP contribution >= 0.6 is 0 Å². The van der Waals surface area contributed by atoms with Crippen molar-refractivity contribution in [3.63, 3.8) is 0 Å². The fraction of sp³-hybridized carbons (Fsp3) is 0.400. The number of pyridine rings is 1. The molecule has 5 aromatic rings. The summed E-state index contributed by atoms with van der Waals surface area (Å²) in [6.45, 7) is 8.58. The van der Waals surface area contributed by atoms with Crippen LogP contribution in [-0.4, -0.2) is 75.1 Å². The van der Waals surface area contributed by atoms with Crippen molar-refractivity contribution in [3.05, 3.63) is 166 Å². The van der Waals surface area contributed by atoms with Gasteiger partial charge in [0.05, 0.1) is 42.0 Å². The average molecular weight is 939 g/mol. The number of aromatic nitrogens is 1. The van der Waals surface area contributed by atoms with Crippen LogP contribution in [0, 0.1) is 34.8 Å². The van der Waals surface area contributed by atoms with Crippen molar-refractivity contribution in [1.82, 2.24) is 9.88 Å². The van der Waals surface area contributed by atoms with Gasteiger partial charge in [0.2, 0.25) is 5.79 Å². The minimum Gasteiger partial charge on any atom is -0.487 e. The standard InChI is InChI=1S/C55H62N4O10/c1-4-30-67-55-51(58(54(62)65-5-2)34-41-18-13-17-39-15-6-7-20-45(39)41)33-49(57-68-35-38-22-24-43(25-23-38)59(63)64)47-31-40(16-8-10-28-60)46(21-9-11-29-61)52(53(47)55)48-32-44(26-27-50(48)69-55)66-36-42-19-12-14-37(3)56-42/h4,6-7,12-15,17-20,22-27,31-32,40,46,51-53,60-61H,1,5,8-11,16,21,28-30,33-36H2,2-3H3/t40-,46+,51-,52+,53+,55+/m0/s1. The molecule has 2 aliphatic carbocycles. The molecule has 3 aliphatic rings. The predicted molar refractivity (Wildman–Crippen MR) is 263 cm³/mol. The molecule has 14 nitrogen and oxygen atoms in total. The molecule has 2 N–H and O–H groups in total. The first-order valence-electron chi connectivity index (χ1n) is 24.1. The summed E-state index contributed by atoms with van der Waals surface area (Å²) in [5.41, 5.74) is 5.64. The summed E-state index contributed by atoms with van der Waals surface area (Å²) < 4.78 is 27.0. The van der Waals surface area contributed by atoms with Crippen molar-refractivity contribution in [3.8, 4) is 11.5 Å². The number of oxime groups is 1. The minimum absolute atomic E-state index is 0.00359. The van der Waals surface area contributed by atoms with Crippen LogP contribution in [0.4, 0.5) is 10.5 Å². The Labute approximate surface area is 403 Å². The lowest BCUT2D eigenvalue weighted by atomic mass is 9.55. The Morgan fingerprint density at radius 3 is 2.49 bits per heavy atom. The zero-order chi connectivity index (χ0) is 48.3. The first-order chi connectivity index (χ1) is 33.7. The summed E-state index contributed by atoms with van der Waals surface area (Å²) in [4.78, 5) is 38.4. The zero-order valence-electron chi connectivity index (χ0n) is 39.4. The van der Waals surface area contributed by atoms with Crippen LogP contribution in [0.2, 0.25) is 0 Å². The van der Waals surface area contributed by atoms with Crippen molar-refractivity contribution in [2.75, 3.05) is 26.4 Å². The maximum absolute atomic E-state index is 14.8. The van der Waals surface area contributed by atoms with Crippen molar-refractivity contribution in [1.29, 1.82) is 0 Å². The van der Waals surface area contributed by atoms with Gasteiger partial charge in [0.1, 0.15) is 30.8 Å². The lowest BCUT2D eigenvalue weighted by molar-refractivity contribution is -0.384. The normalized spacial score (nSPS) is 21.9. The van der Waals surface area contributed by atoms with Gasteiger partial charge >= 0.3 is 6.09 Å². The summed E-state index contributed by atoms with van der Waals surface area (Å²) in [5.74, 6) is -1.16. The van der Waals surface area contributed by atoms with Gasteiger partial charge in [-0.3, -0.25) is 20.0 Å². The number of amides is 1. The van der Waals surface area contributed by atoms with E-state index in [-0.39, 0.29) is 76.0 Å². The summed E-state index contributed by atoms with van der Waals surface area (Å²) in [5, 5.41) is 38.5. The second-order valence-electron chi connectivity index (χ2n) is 18.0. The highest BCUT2D eigenvalue weighted by atomic mass is 16.7. The van der Waals surface area contributed by atoms with Gasteiger partial charge < -0.3 is 34.0 Å². The number of rotatable bonds is 22. The van der Waals surface area contributed by atoms with Gasteiger partial charge in [-0.2, -0.15) is 0 Å². The molecule has 6 atom stereocenters. The summed E-state index contributed by atoms with van der Waals surface area (Å²) >= 11 is 0. The van der Waals surface area contributed by atoms with Gasteiger partial charge in [-0.1, -0.05) is 78.7 Å². The number of aliphatic hydroxyl groups is 2. The molecule has 1 amide bonds. The minimum atomic E-state index is -1.52. The van der Waals surface area contributed by atoms with Gasteiger partial charge in [-0.15, -0.1) is 6.58 Å². The number of benzene rings is 4. The number of hydrogen-bond donors (Lipinski definition) is 2. The summed E-state index contributed by atoms with van der Waals surface area (Å²) in [7, 11) is 0. The SMILES string of the molecule is C=CCO[C@@]12Oc3ccc(OCc4cccc(C)n4)cc3[C@H]3[C@H](CCCCO)[C@@H](CCCCO)C=C(C(=NOCc4ccc([N+](=O)[O-])cc4)C[C@@H]1N(Cc1cccc4ccccc14)C(=O)OCC)[C@H]32. The highest BCUT2D eigenvalue weighted by Gasteiger charge is 2.65. The van der Waals surface area contributed by atoms with E-state index in [2.05, 4.69) is 23.7 Å². The third-order valence-corrected chi connectivity index (χ3v) is 13.6. The lowest BCUT2D eigenvalue weighted by Crippen LogP contribution is -2.70. The molecule has 1 aliphatic heterocycles. The van der Waals surface area contributed by atoms with Crippen molar-refractivity contribution in [2.24, 2.45) is 22.9 Å². The van der Waals surface area contributed by atoms with E-state index in [0.717, 1.165) is 64.5 Å². The van der Waals surface area contributed by atoms with Crippen LogP contribution in [0.3, 0.4) is 0 Å². The molecule has 1 saturated carbocycles. The van der Waals surface area contributed by atoms with Crippen LogP contribution in [0.15, 0.2) is 133 Å². The molecule has 0 saturated heterocycles. The third-order valence-electron chi connectivity index (χ3n) is 13.6. The highest BCUT2D eigenvalue weighted by molar-refractivity contribution is 6.03. The molecule has 1 aromatic heterocycles. The molecule has 0 bridgehead atoms. The number of nitrogens with zero attached hydrogens (tertiary/aromatic N) is 4. The van der Waals surface area contributed by atoms with Gasteiger partial charge in [-0.25, -0.2) is 4.79 Å². The predicted octanol–water partition coefficient (Wildman–Crippen LogP) is 10.5. The van der Waals surface area contributed by atoms with E-state index >= 15 is 0 Å². The number of ether oxygens (including phenoxy) is 4. The van der Waals surface area contributed by atoms with E-state index < -0.39 is 28.8 Å². The number of carbonyl (C=O) groups is 1. The first-order valence-corrected chi connectivity index (χ1v) is 24.1. The Balaban J connectivity index is 1.33. The molecular weight excluding hydrogens is 877 g/mol. The third kappa shape index (κ3) is 10.8. The van der Waals surface area contributed by atoms with Crippen LogP contribution in [0.25, 0.3) is 10.8 Å². The van der Waals surface area contributed by atoms with Crippen molar-refractivity contribution in [2.45, 2.75) is 96.3 Å². The van der Waals surface area contributed by atoms with E-state index in [0.29, 0.717) is 35.6 Å². The number of aliphatic hydroxyl groups excluding tert-OH is 2. The molecule has 362 valence electrons. The molecule has 69 heavy (non-hydrogen) atoms. The molecule has 4 aromatic carbocycles. The van der Waals surface area contributed by atoms with E-state index in [4.69, 9.17) is 28.9 Å². The molecule has 0 unspecified atom stereocenters. The van der Waals surface area contributed by atoms with E-state index in [1.165, 1.54) is 12.1 Å². The van der Waals surface area contributed by atoms with Crippen LogP contribution < -0.4 is 9.47 Å². The second-order valence-corrected chi connectivity index (χ2v) is 18.0. The molecule has 0 radical (unpaired) electrons. The molecule has 0 spiro atoms. The van der Waals surface area contributed by atoms with Crippen LogP contribution in [-0.2, 0) is 34.1 Å². The van der Waals surface area contributed by atoms with Crippen molar-refractivity contribution < 1.29 is 43.7 Å². The number of fused-ring (bicyclic) bond motifs is 3. The smallest absolute Gasteiger partial charge is 0.410 e.